The Labute approximate surface area is 97.1 Å². The minimum atomic E-state index is 0.0271. The number of likely N-dealkylation sites (N-methyl/N-ethyl adjacent to an activating group) is 1. The molecule has 1 aliphatic carbocycles. The van der Waals surface area contributed by atoms with Crippen molar-refractivity contribution in [3.05, 3.63) is 35.4 Å². The summed E-state index contributed by atoms with van der Waals surface area (Å²) in [6.45, 7) is 1.67. The van der Waals surface area contributed by atoms with Crippen LogP contribution in [-0.4, -0.2) is 18.9 Å². The third-order valence-electron chi connectivity index (χ3n) is 3.54. The number of carbonyl (C=O) groups excluding carboxylic acids is 1. The van der Waals surface area contributed by atoms with Crippen molar-refractivity contribution < 1.29 is 4.79 Å². The predicted molar refractivity (Wildman–Crippen MR) is 65.5 cm³/mol. The van der Waals surface area contributed by atoms with E-state index < -0.39 is 0 Å². The fourth-order valence-electron chi connectivity index (χ4n) is 2.64. The molecule has 2 rings (SSSR count). The lowest BCUT2D eigenvalue weighted by Gasteiger charge is -2.17. The number of benzene rings is 1. The highest BCUT2D eigenvalue weighted by molar-refractivity contribution is 5.81. The van der Waals surface area contributed by atoms with Gasteiger partial charge in [-0.3, -0.25) is 4.79 Å². The van der Waals surface area contributed by atoms with Crippen molar-refractivity contribution in [3.8, 4) is 0 Å². The summed E-state index contributed by atoms with van der Waals surface area (Å²) in [5.41, 5.74) is 2.93. The summed E-state index contributed by atoms with van der Waals surface area (Å²) in [6.07, 6.45) is 3.21. The molecule has 0 spiro atoms. The summed E-state index contributed by atoms with van der Waals surface area (Å²) in [5, 5.41) is 3.11. The Morgan fingerprint density at radius 2 is 1.94 bits per heavy atom. The summed E-state index contributed by atoms with van der Waals surface area (Å²) < 4.78 is 0. The molecule has 0 unspecified atom stereocenters. The summed E-state index contributed by atoms with van der Waals surface area (Å²) in [7, 11) is 1.87. The van der Waals surface area contributed by atoms with Crippen molar-refractivity contribution in [2.24, 2.45) is 5.92 Å². The van der Waals surface area contributed by atoms with Gasteiger partial charge < -0.3 is 5.32 Å². The fourth-order valence-corrected chi connectivity index (χ4v) is 2.64. The van der Waals surface area contributed by atoms with E-state index in [1.807, 2.05) is 7.05 Å². The Bertz CT molecular complexity index is 361. The number of nitrogens with one attached hydrogen (secondary N) is 1. The highest BCUT2D eigenvalue weighted by Crippen LogP contribution is 2.29. The summed E-state index contributed by atoms with van der Waals surface area (Å²) >= 11 is 0. The number of ketones is 1. The van der Waals surface area contributed by atoms with E-state index in [-0.39, 0.29) is 11.8 Å². The van der Waals surface area contributed by atoms with Gasteiger partial charge in [0.2, 0.25) is 0 Å². The van der Waals surface area contributed by atoms with Crippen molar-refractivity contribution >= 4 is 5.78 Å². The topological polar surface area (TPSA) is 29.1 Å². The van der Waals surface area contributed by atoms with Gasteiger partial charge in [0.1, 0.15) is 5.78 Å². The molecule has 0 saturated heterocycles. The van der Waals surface area contributed by atoms with Gasteiger partial charge in [0.25, 0.3) is 0 Å². The van der Waals surface area contributed by atoms with Crippen LogP contribution in [0.25, 0.3) is 0 Å². The van der Waals surface area contributed by atoms with Gasteiger partial charge in [-0.25, -0.2) is 0 Å². The molecule has 0 bridgehead atoms. The minimum absolute atomic E-state index is 0.0271. The standard InChI is InChI=1S/C14H19NO/c1-10(16)14(15-2)9-11-7-12-5-3-4-6-13(12)8-11/h3-6,11,14-15H,7-9H2,1-2H3/t14-/m0/s1. The van der Waals surface area contributed by atoms with E-state index in [1.54, 1.807) is 6.92 Å². The van der Waals surface area contributed by atoms with E-state index in [2.05, 4.69) is 29.6 Å². The van der Waals surface area contributed by atoms with E-state index >= 15 is 0 Å². The Kier molecular flexibility index (Phi) is 3.39. The number of hydrogen-bond acceptors (Lipinski definition) is 2. The SMILES string of the molecule is CN[C@@H](CC1Cc2ccccc2C1)C(C)=O. The molecule has 0 fully saturated rings. The number of fused-ring (bicyclic) bond motifs is 1. The van der Waals surface area contributed by atoms with Crippen LogP contribution in [0.15, 0.2) is 24.3 Å². The molecule has 86 valence electrons. The van der Waals surface area contributed by atoms with Crippen LogP contribution in [0.3, 0.4) is 0 Å². The van der Waals surface area contributed by atoms with Gasteiger partial charge >= 0.3 is 0 Å². The van der Waals surface area contributed by atoms with Crippen LogP contribution in [0.5, 0.6) is 0 Å². The van der Waals surface area contributed by atoms with Crippen LogP contribution in [0.4, 0.5) is 0 Å². The largest absolute Gasteiger partial charge is 0.311 e. The number of hydrogen-bond donors (Lipinski definition) is 1. The van der Waals surface area contributed by atoms with Gasteiger partial charge in [0.15, 0.2) is 0 Å². The second-order valence-electron chi connectivity index (χ2n) is 4.73. The molecule has 0 saturated carbocycles. The smallest absolute Gasteiger partial charge is 0.146 e. The lowest BCUT2D eigenvalue weighted by Crippen LogP contribution is -2.34. The molecule has 1 atom stereocenters. The molecule has 0 radical (unpaired) electrons. The molecule has 16 heavy (non-hydrogen) atoms. The molecule has 0 aliphatic heterocycles. The molecular weight excluding hydrogens is 198 g/mol. The highest BCUT2D eigenvalue weighted by atomic mass is 16.1. The van der Waals surface area contributed by atoms with Crippen molar-refractivity contribution in [2.75, 3.05) is 7.05 Å². The summed E-state index contributed by atoms with van der Waals surface area (Å²) in [5.74, 6) is 0.872. The van der Waals surface area contributed by atoms with Crippen LogP contribution < -0.4 is 5.32 Å². The maximum atomic E-state index is 11.4. The zero-order valence-electron chi connectivity index (χ0n) is 9.99. The van der Waals surface area contributed by atoms with E-state index in [0.717, 1.165) is 19.3 Å². The van der Waals surface area contributed by atoms with Crippen molar-refractivity contribution in [1.82, 2.24) is 5.32 Å². The van der Waals surface area contributed by atoms with Gasteiger partial charge in [-0.2, -0.15) is 0 Å². The lowest BCUT2D eigenvalue weighted by molar-refractivity contribution is -0.119. The quantitative estimate of drug-likeness (QED) is 0.835. The Morgan fingerprint density at radius 3 is 2.38 bits per heavy atom. The summed E-state index contributed by atoms with van der Waals surface area (Å²) in [4.78, 5) is 11.4. The lowest BCUT2D eigenvalue weighted by atomic mass is 9.95. The van der Waals surface area contributed by atoms with Gasteiger partial charge in [0.05, 0.1) is 6.04 Å². The maximum Gasteiger partial charge on any atom is 0.146 e. The Hall–Kier alpha value is -1.15. The first kappa shape index (κ1) is 11.3. The molecule has 1 N–H and O–H groups in total. The molecule has 0 amide bonds. The second-order valence-corrected chi connectivity index (χ2v) is 4.73. The number of rotatable bonds is 4. The first-order valence-corrected chi connectivity index (χ1v) is 5.95. The Balaban J connectivity index is 1.99. The molecule has 2 nitrogen and oxygen atoms in total. The van der Waals surface area contributed by atoms with E-state index in [0.29, 0.717) is 5.92 Å². The van der Waals surface area contributed by atoms with Crippen molar-refractivity contribution in [2.45, 2.75) is 32.2 Å². The van der Waals surface area contributed by atoms with Crippen LogP contribution in [0, 0.1) is 5.92 Å². The molecular formula is C14H19NO. The molecule has 1 aromatic carbocycles. The molecule has 0 heterocycles. The zero-order chi connectivity index (χ0) is 11.5. The van der Waals surface area contributed by atoms with Gasteiger partial charge in [-0.05, 0) is 50.3 Å². The average Bonchev–Trinajstić information content (AvgIpc) is 2.67. The summed E-state index contributed by atoms with van der Waals surface area (Å²) in [6, 6.07) is 8.64. The number of Topliss-reactive ketones (excluding diaryl/α,β-unsaturated/α-hetero) is 1. The Morgan fingerprint density at radius 1 is 1.38 bits per heavy atom. The number of carbonyl (C=O) groups is 1. The van der Waals surface area contributed by atoms with E-state index in [4.69, 9.17) is 0 Å². The van der Waals surface area contributed by atoms with Gasteiger partial charge in [-0.15, -0.1) is 0 Å². The monoisotopic (exact) mass is 217 g/mol. The fraction of sp³-hybridized carbons (Fsp3) is 0.500. The van der Waals surface area contributed by atoms with Crippen molar-refractivity contribution in [3.63, 3.8) is 0 Å². The normalized spacial score (nSPS) is 17.1. The maximum absolute atomic E-state index is 11.4. The third-order valence-corrected chi connectivity index (χ3v) is 3.54. The van der Waals surface area contributed by atoms with Crippen LogP contribution in [-0.2, 0) is 17.6 Å². The minimum Gasteiger partial charge on any atom is -0.311 e. The van der Waals surface area contributed by atoms with Crippen LogP contribution in [0.1, 0.15) is 24.5 Å². The van der Waals surface area contributed by atoms with Gasteiger partial charge in [-0.1, -0.05) is 24.3 Å². The molecule has 0 aromatic heterocycles. The van der Waals surface area contributed by atoms with E-state index in [1.165, 1.54) is 11.1 Å². The zero-order valence-corrected chi connectivity index (χ0v) is 9.99. The van der Waals surface area contributed by atoms with Crippen LogP contribution in [0.2, 0.25) is 0 Å². The molecule has 1 aromatic rings. The van der Waals surface area contributed by atoms with Gasteiger partial charge in [0, 0.05) is 0 Å². The second kappa shape index (κ2) is 4.79. The average molecular weight is 217 g/mol. The van der Waals surface area contributed by atoms with Crippen LogP contribution >= 0.6 is 0 Å². The first-order valence-electron chi connectivity index (χ1n) is 5.95. The first-order chi connectivity index (χ1) is 7.70. The highest BCUT2D eigenvalue weighted by Gasteiger charge is 2.24. The predicted octanol–water partition coefficient (Wildman–Crippen LogP) is 1.97. The third kappa shape index (κ3) is 2.33. The molecule has 1 aliphatic rings. The van der Waals surface area contributed by atoms with E-state index in [9.17, 15) is 4.79 Å². The van der Waals surface area contributed by atoms with Crippen molar-refractivity contribution in [1.29, 1.82) is 0 Å². The molecule has 2 heteroatoms.